The first-order chi connectivity index (χ1) is 15.1. The topological polar surface area (TPSA) is 76.7 Å². The largest absolute Gasteiger partial charge is 0.364 e. The van der Waals surface area contributed by atoms with Crippen molar-refractivity contribution < 1.29 is 4.79 Å². The number of amides is 1. The molecule has 154 valence electrons. The minimum Gasteiger partial charge on any atom is -0.364 e. The van der Waals surface area contributed by atoms with Crippen molar-refractivity contribution in [3.63, 3.8) is 0 Å². The van der Waals surface area contributed by atoms with Crippen LogP contribution in [0.25, 0.3) is 21.8 Å². The summed E-state index contributed by atoms with van der Waals surface area (Å²) < 4.78 is 1.88. The van der Waals surface area contributed by atoms with Gasteiger partial charge >= 0.3 is 0 Å². The third kappa shape index (κ3) is 3.59. The lowest BCUT2D eigenvalue weighted by molar-refractivity contribution is 0.0996. The Hall–Kier alpha value is -3.86. The van der Waals surface area contributed by atoms with Gasteiger partial charge in [-0.3, -0.25) is 9.48 Å². The van der Waals surface area contributed by atoms with Gasteiger partial charge in [-0.2, -0.15) is 5.10 Å². The van der Waals surface area contributed by atoms with Crippen molar-refractivity contribution in [3.05, 3.63) is 101 Å². The number of para-hydroxylation sites is 1. The summed E-state index contributed by atoms with van der Waals surface area (Å²) >= 11 is 0. The highest BCUT2D eigenvalue weighted by molar-refractivity contribution is 6.05. The number of fused-ring (bicyclic) bond motifs is 2. The van der Waals surface area contributed by atoms with E-state index in [0.29, 0.717) is 12.2 Å². The van der Waals surface area contributed by atoms with Gasteiger partial charge in [-0.15, -0.1) is 0 Å². The maximum Gasteiger partial charge on any atom is 0.269 e. The number of nitrogens with two attached hydrogens (primary N) is 1. The smallest absolute Gasteiger partial charge is 0.269 e. The molecule has 5 rings (SSSR count). The van der Waals surface area contributed by atoms with Gasteiger partial charge in [-0.1, -0.05) is 60.2 Å². The third-order valence-electron chi connectivity index (χ3n) is 5.89. The van der Waals surface area contributed by atoms with E-state index in [-0.39, 0.29) is 0 Å². The average molecular weight is 409 g/mol. The Morgan fingerprint density at radius 1 is 0.968 bits per heavy atom. The summed E-state index contributed by atoms with van der Waals surface area (Å²) in [4.78, 5) is 15.6. The second-order valence-corrected chi connectivity index (χ2v) is 8.03. The quantitative estimate of drug-likeness (QED) is 0.425. The highest BCUT2D eigenvalue weighted by Crippen LogP contribution is 2.26. The minimum atomic E-state index is -0.493. The number of carbonyl (C=O) groups excluding carboxylic acids is 1. The van der Waals surface area contributed by atoms with Crippen LogP contribution in [0.2, 0.25) is 0 Å². The van der Waals surface area contributed by atoms with Crippen molar-refractivity contribution in [1.82, 2.24) is 14.8 Å². The van der Waals surface area contributed by atoms with Crippen molar-refractivity contribution in [3.8, 4) is 0 Å². The van der Waals surface area contributed by atoms with E-state index in [1.165, 1.54) is 16.5 Å². The molecular formula is C26H24N4O. The van der Waals surface area contributed by atoms with Crippen LogP contribution in [-0.2, 0) is 19.4 Å². The molecule has 0 saturated heterocycles. The summed E-state index contributed by atoms with van der Waals surface area (Å²) in [6.07, 6.45) is 3.74. The van der Waals surface area contributed by atoms with Crippen LogP contribution in [0.3, 0.4) is 0 Å². The highest BCUT2D eigenvalue weighted by atomic mass is 16.1. The average Bonchev–Trinajstić information content (AvgIpc) is 3.36. The molecule has 0 aliphatic heterocycles. The monoisotopic (exact) mass is 408 g/mol. The van der Waals surface area contributed by atoms with Crippen LogP contribution in [0, 0.1) is 6.92 Å². The van der Waals surface area contributed by atoms with Gasteiger partial charge in [0.05, 0.1) is 12.1 Å². The molecule has 1 amide bonds. The fourth-order valence-electron chi connectivity index (χ4n) is 4.28. The number of hydrogen-bond donors (Lipinski definition) is 2. The molecule has 0 atom stereocenters. The Bertz CT molecular complexity index is 1390. The second kappa shape index (κ2) is 7.76. The molecule has 0 unspecified atom stereocenters. The number of H-pyrrole nitrogens is 1. The number of benzene rings is 3. The zero-order valence-corrected chi connectivity index (χ0v) is 17.4. The Balaban J connectivity index is 1.52. The van der Waals surface area contributed by atoms with Gasteiger partial charge in [-0.05, 0) is 48.6 Å². The molecule has 0 saturated carbocycles. The first-order valence-electron chi connectivity index (χ1n) is 10.5. The van der Waals surface area contributed by atoms with E-state index < -0.39 is 5.91 Å². The van der Waals surface area contributed by atoms with Gasteiger partial charge in [0.1, 0.15) is 0 Å². The lowest BCUT2D eigenvalue weighted by atomic mass is 9.99. The van der Waals surface area contributed by atoms with E-state index in [2.05, 4.69) is 71.7 Å². The van der Waals surface area contributed by atoms with E-state index in [0.717, 1.165) is 40.4 Å². The number of aromatic amines is 1. The Kier molecular flexibility index (Phi) is 4.79. The van der Waals surface area contributed by atoms with Crippen LogP contribution in [0.15, 0.2) is 72.9 Å². The third-order valence-corrected chi connectivity index (χ3v) is 5.89. The van der Waals surface area contributed by atoms with Gasteiger partial charge in [0.15, 0.2) is 5.69 Å². The molecule has 3 N–H and O–H groups in total. The number of hydrogen-bond acceptors (Lipinski definition) is 2. The summed E-state index contributed by atoms with van der Waals surface area (Å²) in [6, 6.07) is 22.8. The number of nitrogens with one attached hydrogen (secondary N) is 1. The summed E-state index contributed by atoms with van der Waals surface area (Å²) in [5, 5.41) is 6.70. The molecule has 0 aliphatic rings. The van der Waals surface area contributed by atoms with Gasteiger partial charge in [0.2, 0.25) is 0 Å². The number of primary amides is 1. The standard InChI is InChI=1S/C26H24N4O/c1-17-9-11-18(12-10-17)16-30-23-8-4-5-19(24(23)25(29-30)26(27)31)13-14-20-15-28-22-7-3-2-6-21(20)22/h2-12,15,28H,13-14,16H2,1H3,(H2,27,31). The molecule has 0 spiro atoms. The summed E-state index contributed by atoms with van der Waals surface area (Å²) in [7, 11) is 0. The summed E-state index contributed by atoms with van der Waals surface area (Å²) in [6.45, 7) is 2.66. The van der Waals surface area contributed by atoms with Crippen LogP contribution in [0.1, 0.15) is 32.7 Å². The summed E-state index contributed by atoms with van der Waals surface area (Å²) in [5.74, 6) is -0.493. The lowest BCUT2D eigenvalue weighted by Crippen LogP contribution is -2.13. The van der Waals surface area contributed by atoms with E-state index in [1.54, 1.807) is 0 Å². The SMILES string of the molecule is Cc1ccc(Cn2nc(C(N)=O)c3c(CCc4c[nH]c5ccccc45)cccc32)cc1. The number of aryl methyl sites for hydroxylation is 3. The zero-order valence-electron chi connectivity index (χ0n) is 17.4. The van der Waals surface area contributed by atoms with Crippen molar-refractivity contribution in [1.29, 1.82) is 0 Å². The van der Waals surface area contributed by atoms with Crippen molar-refractivity contribution in [2.75, 3.05) is 0 Å². The second-order valence-electron chi connectivity index (χ2n) is 8.03. The Morgan fingerprint density at radius 2 is 1.74 bits per heavy atom. The molecule has 3 aromatic carbocycles. The number of rotatable bonds is 6. The van der Waals surface area contributed by atoms with E-state index in [1.807, 2.05) is 22.9 Å². The zero-order chi connectivity index (χ0) is 21.4. The predicted molar refractivity (Wildman–Crippen MR) is 124 cm³/mol. The van der Waals surface area contributed by atoms with Gasteiger partial charge in [-0.25, -0.2) is 0 Å². The first-order valence-corrected chi connectivity index (χ1v) is 10.5. The molecule has 2 heterocycles. The number of carbonyl (C=O) groups is 1. The molecule has 5 aromatic rings. The van der Waals surface area contributed by atoms with Crippen molar-refractivity contribution >= 4 is 27.7 Å². The molecule has 5 nitrogen and oxygen atoms in total. The van der Waals surface area contributed by atoms with Gasteiger partial charge < -0.3 is 10.7 Å². The number of aromatic nitrogens is 3. The maximum atomic E-state index is 12.2. The predicted octanol–water partition coefficient (Wildman–Crippen LogP) is 4.76. The maximum absolute atomic E-state index is 12.2. The highest BCUT2D eigenvalue weighted by Gasteiger charge is 2.18. The van der Waals surface area contributed by atoms with Crippen molar-refractivity contribution in [2.45, 2.75) is 26.3 Å². The van der Waals surface area contributed by atoms with Crippen LogP contribution in [0.5, 0.6) is 0 Å². The van der Waals surface area contributed by atoms with Gasteiger partial charge in [0, 0.05) is 22.5 Å². The van der Waals surface area contributed by atoms with E-state index >= 15 is 0 Å². The fraction of sp³-hybridized carbons (Fsp3) is 0.154. The molecule has 0 radical (unpaired) electrons. The van der Waals surface area contributed by atoms with Gasteiger partial charge in [0.25, 0.3) is 5.91 Å². The van der Waals surface area contributed by atoms with Crippen LogP contribution in [0.4, 0.5) is 0 Å². The van der Waals surface area contributed by atoms with Crippen LogP contribution < -0.4 is 5.73 Å². The normalized spacial score (nSPS) is 11.4. The molecule has 5 heteroatoms. The van der Waals surface area contributed by atoms with Crippen LogP contribution in [-0.4, -0.2) is 20.7 Å². The molecule has 31 heavy (non-hydrogen) atoms. The van der Waals surface area contributed by atoms with Crippen molar-refractivity contribution in [2.24, 2.45) is 5.73 Å². The Labute approximate surface area is 180 Å². The molecule has 0 aliphatic carbocycles. The van der Waals surface area contributed by atoms with E-state index in [4.69, 9.17) is 5.73 Å². The molecular weight excluding hydrogens is 384 g/mol. The van der Waals surface area contributed by atoms with E-state index in [9.17, 15) is 4.79 Å². The fourth-order valence-corrected chi connectivity index (χ4v) is 4.28. The molecule has 0 fully saturated rings. The molecule has 0 bridgehead atoms. The minimum absolute atomic E-state index is 0.344. The lowest BCUT2D eigenvalue weighted by Gasteiger charge is -2.07. The number of nitrogens with zero attached hydrogens (tertiary/aromatic N) is 2. The molecule has 2 aromatic heterocycles. The van der Waals surface area contributed by atoms with Crippen LogP contribution >= 0.6 is 0 Å². The first kappa shape index (κ1) is 19.1. The summed E-state index contributed by atoms with van der Waals surface area (Å²) in [5.41, 5.74) is 12.8. The Morgan fingerprint density at radius 3 is 2.55 bits per heavy atom.